The maximum Gasteiger partial charge on any atom is 0.337 e. The van der Waals surface area contributed by atoms with Crippen LogP contribution in [-0.2, 0) is 9.53 Å². The van der Waals surface area contributed by atoms with Gasteiger partial charge in [0.25, 0.3) is 0 Å². The maximum atomic E-state index is 11.9. The summed E-state index contributed by atoms with van der Waals surface area (Å²) in [6, 6.07) is 5.49. The molecule has 1 aliphatic rings. The minimum Gasteiger partial charge on any atom is -0.497 e. The summed E-state index contributed by atoms with van der Waals surface area (Å²) >= 11 is 0. The Morgan fingerprint density at radius 3 is 2.68 bits per heavy atom. The Labute approximate surface area is 112 Å². The van der Waals surface area contributed by atoms with Crippen molar-refractivity contribution in [2.75, 3.05) is 14.2 Å². The molecule has 0 spiro atoms. The Bertz CT molecular complexity index is 531. The summed E-state index contributed by atoms with van der Waals surface area (Å²) in [5.74, 6) is 0.200. The van der Waals surface area contributed by atoms with Crippen molar-refractivity contribution in [3.05, 3.63) is 34.9 Å². The molecule has 0 fully saturated rings. The number of hydrogen-bond donors (Lipinski definition) is 1. The number of aliphatic hydroxyl groups is 1. The van der Waals surface area contributed by atoms with Gasteiger partial charge in [-0.05, 0) is 35.3 Å². The average molecular weight is 262 g/mol. The van der Waals surface area contributed by atoms with Crippen LogP contribution in [0.5, 0.6) is 5.75 Å². The van der Waals surface area contributed by atoms with Crippen LogP contribution < -0.4 is 4.74 Å². The summed E-state index contributed by atoms with van der Waals surface area (Å²) in [6.07, 6.45) is 0.702. The molecule has 0 radical (unpaired) electrons. The van der Waals surface area contributed by atoms with Crippen LogP contribution in [0.25, 0.3) is 5.57 Å². The number of carbonyl (C=O) groups excluding carboxylic acids is 1. The fraction of sp³-hybridized carbons (Fsp3) is 0.400. The highest BCUT2D eigenvalue weighted by molar-refractivity contribution is 6.02. The van der Waals surface area contributed by atoms with Crippen molar-refractivity contribution in [1.29, 1.82) is 0 Å². The SMILES string of the molecule is CCCC1=C(C(=O)OC)C(O)c2cc(OC)ccc21. The lowest BCUT2D eigenvalue weighted by molar-refractivity contribution is -0.137. The summed E-state index contributed by atoms with van der Waals surface area (Å²) in [4.78, 5) is 11.9. The highest BCUT2D eigenvalue weighted by Crippen LogP contribution is 2.44. The molecule has 0 aliphatic heterocycles. The molecule has 1 aromatic rings. The van der Waals surface area contributed by atoms with Gasteiger partial charge in [-0.15, -0.1) is 0 Å². The zero-order valence-corrected chi connectivity index (χ0v) is 11.4. The fourth-order valence-electron chi connectivity index (χ4n) is 2.50. The van der Waals surface area contributed by atoms with Crippen LogP contribution >= 0.6 is 0 Å². The highest BCUT2D eigenvalue weighted by Gasteiger charge is 2.34. The molecule has 0 amide bonds. The number of hydrogen-bond acceptors (Lipinski definition) is 4. The van der Waals surface area contributed by atoms with Gasteiger partial charge >= 0.3 is 5.97 Å². The molecule has 2 rings (SSSR count). The summed E-state index contributed by atoms with van der Waals surface area (Å²) < 4.78 is 9.94. The lowest BCUT2D eigenvalue weighted by Gasteiger charge is -2.09. The molecule has 1 N–H and O–H groups in total. The molecular formula is C15H18O4. The number of aliphatic hydroxyl groups excluding tert-OH is 1. The average Bonchev–Trinajstić information content (AvgIpc) is 2.71. The minimum absolute atomic E-state index is 0.354. The fourth-order valence-corrected chi connectivity index (χ4v) is 2.50. The van der Waals surface area contributed by atoms with Crippen molar-refractivity contribution < 1.29 is 19.4 Å². The van der Waals surface area contributed by atoms with E-state index in [1.807, 2.05) is 19.1 Å². The van der Waals surface area contributed by atoms with E-state index in [-0.39, 0.29) is 0 Å². The van der Waals surface area contributed by atoms with Crippen LogP contribution in [-0.4, -0.2) is 25.3 Å². The molecule has 1 unspecified atom stereocenters. The number of esters is 1. The van der Waals surface area contributed by atoms with Gasteiger partial charge in [-0.2, -0.15) is 0 Å². The van der Waals surface area contributed by atoms with Crippen molar-refractivity contribution in [2.24, 2.45) is 0 Å². The number of rotatable bonds is 4. The maximum absolute atomic E-state index is 11.9. The van der Waals surface area contributed by atoms with Gasteiger partial charge in [0.15, 0.2) is 0 Å². The molecule has 0 bridgehead atoms. The zero-order chi connectivity index (χ0) is 14.0. The van der Waals surface area contributed by atoms with Crippen LogP contribution in [0.3, 0.4) is 0 Å². The van der Waals surface area contributed by atoms with Gasteiger partial charge in [-0.1, -0.05) is 19.4 Å². The lowest BCUT2D eigenvalue weighted by Crippen LogP contribution is -2.10. The smallest absolute Gasteiger partial charge is 0.337 e. The Morgan fingerprint density at radius 1 is 1.37 bits per heavy atom. The van der Waals surface area contributed by atoms with Crippen LogP contribution in [0.4, 0.5) is 0 Å². The van der Waals surface area contributed by atoms with E-state index < -0.39 is 12.1 Å². The zero-order valence-electron chi connectivity index (χ0n) is 11.4. The van der Waals surface area contributed by atoms with Crippen molar-refractivity contribution in [3.63, 3.8) is 0 Å². The quantitative estimate of drug-likeness (QED) is 0.847. The number of allylic oxidation sites excluding steroid dienone is 1. The molecule has 0 saturated carbocycles. The van der Waals surface area contributed by atoms with Crippen LogP contribution in [0.1, 0.15) is 37.0 Å². The summed E-state index contributed by atoms with van der Waals surface area (Å²) in [6.45, 7) is 2.04. The third-order valence-electron chi connectivity index (χ3n) is 3.38. The second-order valence-corrected chi connectivity index (χ2v) is 4.49. The van der Waals surface area contributed by atoms with Crippen molar-refractivity contribution >= 4 is 11.5 Å². The van der Waals surface area contributed by atoms with Crippen molar-refractivity contribution in [2.45, 2.75) is 25.9 Å². The predicted octanol–water partition coefficient (Wildman–Crippen LogP) is 2.47. The first kappa shape index (κ1) is 13.6. The van der Waals surface area contributed by atoms with E-state index >= 15 is 0 Å². The summed E-state index contributed by atoms with van der Waals surface area (Å²) in [7, 11) is 2.90. The van der Waals surface area contributed by atoms with Gasteiger partial charge in [-0.25, -0.2) is 4.79 Å². The second kappa shape index (κ2) is 5.45. The van der Waals surface area contributed by atoms with Crippen LogP contribution in [0.2, 0.25) is 0 Å². The highest BCUT2D eigenvalue weighted by atomic mass is 16.5. The molecule has 0 aromatic heterocycles. The Hall–Kier alpha value is -1.81. The summed E-state index contributed by atoms with van der Waals surface area (Å²) in [5.41, 5.74) is 2.85. The Kier molecular flexibility index (Phi) is 3.90. The number of carbonyl (C=O) groups is 1. The monoisotopic (exact) mass is 262 g/mol. The van der Waals surface area contributed by atoms with E-state index in [2.05, 4.69) is 0 Å². The van der Waals surface area contributed by atoms with E-state index in [1.165, 1.54) is 7.11 Å². The van der Waals surface area contributed by atoms with E-state index in [9.17, 15) is 9.90 Å². The molecule has 1 aliphatic carbocycles. The van der Waals surface area contributed by atoms with Crippen LogP contribution in [0, 0.1) is 0 Å². The molecule has 1 atom stereocenters. The largest absolute Gasteiger partial charge is 0.497 e. The molecule has 102 valence electrons. The molecule has 19 heavy (non-hydrogen) atoms. The van der Waals surface area contributed by atoms with Gasteiger partial charge in [0.2, 0.25) is 0 Å². The standard InChI is InChI=1S/C15H18O4/c1-4-5-11-10-7-6-9(18-2)8-12(10)14(16)13(11)15(17)19-3/h6-8,14,16H,4-5H2,1-3H3. The first-order chi connectivity index (χ1) is 9.13. The van der Waals surface area contributed by atoms with E-state index in [4.69, 9.17) is 9.47 Å². The molecule has 4 heteroatoms. The van der Waals surface area contributed by atoms with E-state index in [0.717, 1.165) is 24.0 Å². The summed E-state index contributed by atoms with van der Waals surface area (Å²) in [5, 5.41) is 10.3. The Morgan fingerprint density at radius 2 is 2.11 bits per heavy atom. The van der Waals surface area contributed by atoms with Gasteiger partial charge in [0.1, 0.15) is 11.9 Å². The van der Waals surface area contributed by atoms with Gasteiger partial charge < -0.3 is 14.6 Å². The lowest BCUT2D eigenvalue weighted by atomic mass is 10.0. The van der Waals surface area contributed by atoms with Crippen molar-refractivity contribution in [3.8, 4) is 5.75 Å². The van der Waals surface area contributed by atoms with Crippen LogP contribution in [0.15, 0.2) is 23.8 Å². The second-order valence-electron chi connectivity index (χ2n) is 4.49. The topological polar surface area (TPSA) is 55.8 Å². The molecular weight excluding hydrogens is 244 g/mol. The number of ether oxygens (including phenoxy) is 2. The third kappa shape index (κ3) is 2.24. The minimum atomic E-state index is -0.931. The van der Waals surface area contributed by atoms with Gasteiger partial charge in [0.05, 0.1) is 19.8 Å². The first-order valence-electron chi connectivity index (χ1n) is 6.31. The van der Waals surface area contributed by atoms with Gasteiger partial charge in [0, 0.05) is 0 Å². The van der Waals surface area contributed by atoms with Gasteiger partial charge in [-0.3, -0.25) is 0 Å². The van der Waals surface area contributed by atoms with Crippen molar-refractivity contribution in [1.82, 2.24) is 0 Å². The third-order valence-corrected chi connectivity index (χ3v) is 3.38. The number of benzene rings is 1. The Balaban J connectivity index is 2.54. The predicted molar refractivity (Wildman–Crippen MR) is 71.8 cm³/mol. The van der Waals surface area contributed by atoms with E-state index in [0.29, 0.717) is 16.9 Å². The molecule has 4 nitrogen and oxygen atoms in total. The molecule has 1 aromatic carbocycles. The number of fused-ring (bicyclic) bond motifs is 1. The number of methoxy groups -OCH3 is 2. The first-order valence-corrected chi connectivity index (χ1v) is 6.31. The normalized spacial score (nSPS) is 17.4. The van der Waals surface area contributed by atoms with E-state index in [1.54, 1.807) is 13.2 Å². The molecule has 0 saturated heterocycles. The molecule has 0 heterocycles.